The van der Waals surface area contributed by atoms with E-state index in [0.717, 1.165) is 19.4 Å². The van der Waals surface area contributed by atoms with Crippen molar-refractivity contribution in [3.8, 4) is 0 Å². The van der Waals surface area contributed by atoms with E-state index in [1.165, 1.54) is 12.0 Å². The Hall–Kier alpha value is -0.860. The minimum Gasteiger partial charge on any atom is -0.353 e. The summed E-state index contributed by atoms with van der Waals surface area (Å²) in [6.07, 6.45) is 3.52. The zero-order valence-corrected chi connectivity index (χ0v) is 10.8. The number of ether oxygens (including phenoxy) is 2. The van der Waals surface area contributed by atoms with Crippen LogP contribution >= 0.6 is 0 Å². The molecule has 2 atom stereocenters. The van der Waals surface area contributed by atoms with E-state index in [4.69, 9.17) is 9.47 Å². The van der Waals surface area contributed by atoms with Crippen molar-refractivity contribution in [1.29, 1.82) is 0 Å². The van der Waals surface area contributed by atoms with Crippen LogP contribution in [0.3, 0.4) is 0 Å². The maximum Gasteiger partial charge on any atom is 0.158 e. The van der Waals surface area contributed by atoms with Gasteiger partial charge in [0.25, 0.3) is 0 Å². The third-order valence-corrected chi connectivity index (χ3v) is 3.17. The van der Waals surface area contributed by atoms with Crippen LogP contribution in [-0.4, -0.2) is 12.9 Å². The molecule has 94 valence electrons. The van der Waals surface area contributed by atoms with E-state index < -0.39 is 0 Å². The van der Waals surface area contributed by atoms with Crippen molar-refractivity contribution in [2.45, 2.75) is 45.5 Å². The normalized spacial score (nSPS) is 22.6. The fourth-order valence-corrected chi connectivity index (χ4v) is 2.25. The predicted octanol–water partition coefficient (Wildman–Crippen LogP) is 3.93. The third-order valence-electron chi connectivity index (χ3n) is 3.17. The molecule has 0 radical (unpaired) electrons. The summed E-state index contributed by atoms with van der Waals surface area (Å²) in [6, 6.07) is 10.4. The minimum absolute atomic E-state index is 0.0173. The first-order valence-electron chi connectivity index (χ1n) is 6.59. The summed E-state index contributed by atoms with van der Waals surface area (Å²) in [6.45, 7) is 5.23. The quantitative estimate of drug-likeness (QED) is 0.786. The first-order valence-corrected chi connectivity index (χ1v) is 6.59. The molecule has 0 aliphatic carbocycles. The molecule has 0 bridgehead atoms. The number of benzene rings is 1. The highest BCUT2D eigenvalue weighted by Crippen LogP contribution is 2.29. The second kappa shape index (κ2) is 6.18. The molecule has 1 saturated heterocycles. The lowest BCUT2D eigenvalue weighted by Crippen LogP contribution is -2.26. The molecule has 2 unspecified atom stereocenters. The Morgan fingerprint density at radius 2 is 1.94 bits per heavy atom. The second-order valence-corrected chi connectivity index (χ2v) is 5.01. The van der Waals surface area contributed by atoms with Crippen molar-refractivity contribution in [1.82, 2.24) is 0 Å². The van der Waals surface area contributed by atoms with Gasteiger partial charge in [-0.2, -0.15) is 0 Å². The predicted molar refractivity (Wildman–Crippen MR) is 68.7 cm³/mol. The maximum atomic E-state index is 6.12. The summed E-state index contributed by atoms with van der Waals surface area (Å²) in [5.74, 6) is 0.461. The van der Waals surface area contributed by atoms with Crippen LogP contribution in [0.5, 0.6) is 0 Å². The summed E-state index contributed by atoms with van der Waals surface area (Å²) >= 11 is 0. The molecule has 1 aliphatic rings. The summed E-state index contributed by atoms with van der Waals surface area (Å²) in [5.41, 5.74) is 1.25. The molecule has 0 saturated carbocycles. The molecule has 1 aromatic rings. The molecule has 0 amide bonds. The van der Waals surface area contributed by atoms with Crippen LogP contribution < -0.4 is 0 Å². The second-order valence-electron chi connectivity index (χ2n) is 5.01. The molecule has 1 heterocycles. The molecular weight excluding hydrogens is 212 g/mol. The Balaban J connectivity index is 2.02. The first kappa shape index (κ1) is 12.6. The highest BCUT2D eigenvalue weighted by atomic mass is 16.7. The summed E-state index contributed by atoms with van der Waals surface area (Å²) in [7, 11) is 0. The first-order chi connectivity index (χ1) is 8.27. The van der Waals surface area contributed by atoms with E-state index in [1.807, 2.05) is 6.07 Å². The highest BCUT2D eigenvalue weighted by molar-refractivity contribution is 5.18. The number of hydrogen-bond acceptors (Lipinski definition) is 2. The molecule has 2 rings (SSSR count). The van der Waals surface area contributed by atoms with Gasteiger partial charge in [0.15, 0.2) is 6.29 Å². The van der Waals surface area contributed by atoms with E-state index in [9.17, 15) is 0 Å². The standard InChI is InChI=1S/C15H22O2/c1-12(2)15(13-8-4-3-5-9-13)17-14-10-6-7-11-16-14/h3-5,8-9,12,14-15H,6-7,10-11H2,1-2H3. The highest BCUT2D eigenvalue weighted by Gasteiger charge is 2.23. The number of rotatable bonds is 4. The molecule has 0 spiro atoms. The molecule has 17 heavy (non-hydrogen) atoms. The summed E-state index contributed by atoms with van der Waals surface area (Å²) in [4.78, 5) is 0. The van der Waals surface area contributed by atoms with Gasteiger partial charge in [0, 0.05) is 6.61 Å². The average Bonchev–Trinajstić information content (AvgIpc) is 2.38. The van der Waals surface area contributed by atoms with Crippen molar-refractivity contribution < 1.29 is 9.47 Å². The van der Waals surface area contributed by atoms with Gasteiger partial charge in [-0.25, -0.2) is 0 Å². The molecular formula is C15H22O2. The minimum atomic E-state index is -0.0173. The average molecular weight is 234 g/mol. The molecule has 0 aromatic heterocycles. The van der Waals surface area contributed by atoms with E-state index in [1.54, 1.807) is 0 Å². The Morgan fingerprint density at radius 1 is 1.18 bits per heavy atom. The van der Waals surface area contributed by atoms with E-state index >= 15 is 0 Å². The van der Waals surface area contributed by atoms with Gasteiger partial charge < -0.3 is 9.47 Å². The lowest BCUT2D eigenvalue weighted by Gasteiger charge is -2.30. The van der Waals surface area contributed by atoms with Gasteiger partial charge in [-0.15, -0.1) is 0 Å². The molecule has 1 aromatic carbocycles. The van der Waals surface area contributed by atoms with Gasteiger partial charge in [-0.05, 0) is 30.7 Å². The van der Waals surface area contributed by atoms with Gasteiger partial charge in [0.05, 0.1) is 6.10 Å². The van der Waals surface area contributed by atoms with Gasteiger partial charge in [-0.3, -0.25) is 0 Å². The van der Waals surface area contributed by atoms with Crippen LogP contribution in [0.15, 0.2) is 30.3 Å². The van der Waals surface area contributed by atoms with E-state index in [0.29, 0.717) is 5.92 Å². The molecule has 0 N–H and O–H groups in total. The summed E-state index contributed by atoms with van der Waals surface area (Å²) < 4.78 is 11.8. The SMILES string of the molecule is CC(C)C(OC1CCCCO1)c1ccccc1. The maximum absolute atomic E-state index is 6.12. The van der Waals surface area contributed by atoms with Crippen LogP contribution in [0.4, 0.5) is 0 Å². The lowest BCUT2D eigenvalue weighted by atomic mass is 9.99. The largest absolute Gasteiger partial charge is 0.353 e. The molecule has 1 fully saturated rings. The van der Waals surface area contributed by atoms with E-state index in [2.05, 4.69) is 38.1 Å². The zero-order chi connectivity index (χ0) is 12.1. The monoisotopic (exact) mass is 234 g/mol. The summed E-state index contributed by atoms with van der Waals surface area (Å²) in [5, 5.41) is 0. The number of hydrogen-bond donors (Lipinski definition) is 0. The van der Waals surface area contributed by atoms with Gasteiger partial charge in [0.1, 0.15) is 0 Å². The topological polar surface area (TPSA) is 18.5 Å². The third kappa shape index (κ3) is 3.55. The van der Waals surface area contributed by atoms with Crippen molar-refractivity contribution >= 4 is 0 Å². The Labute approximate surface area is 104 Å². The van der Waals surface area contributed by atoms with Gasteiger partial charge in [0.2, 0.25) is 0 Å². The van der Waals surface area contributed by atoms with Crippen molar-refractivity contribution in [3.05, 3.63) is 35.9 Å². The van der Waals surface area contributed by atoms with Crippen LogP contribution in [0.25, 0.3) is 0 Å². The van der Waals surface area contributed by atoms with Crippen LogP contribution in [-0.2, 0) is 9.47 Å². The molecule has 2 heteroatoms. The molecule has 1 aliphatic heterocycles. The van der Waals surface area contributed by atoms with Gasteiger partial charge in [-0.1, -0.05) is 44.2 Å². The van der Waals surface area contributed by atoms with Crippen molar-refractivity contribution in [2.75, 3.05) is 6.61 Å². The van der Waals surface area contributed by atoms with E-state index in [-0.39, 0.29) is 12.4 Å². The Morgan fingerprint density at radius 3 is 2.53 bits per heavy atom. The zero-order valence-electron chi connectivity index (χ0n) is 10.8. The van der Waals surface area contributed by atoms with Crippen LogP contribution in [0.1, 0.15) is 44.8 Å². The van der Waals surface area contributed by atoms with Crippen molar-refractivity contribution in [3.63, 3.8) is 0 Å². The smallest absolute Gasteiger partial charge is 0.158 e. The fraction of sp³-hybridized carbons (Fsp3) is 0.600. The fourth-order valence-electron chi connectivity index (χ4n) is 2.25. The van der Waals surface area contributed by atoms with Crippen LogP contribution in [0, 0.1) is 5.92 Å². The van der Waals surface area contributed by atoms with Crippen LogP contribution in [0.2, 0.25) is 0 Å². The van der Waals surface area contributed by atoms with Gasteiger partial charge >= 0.3 is 0 Å². The molecule has 2 nitrogen and oxygen atoms in total. The Bertz CT molecular complexity index is 315. The Kier molecular flexibility index (Phi) is 4.57. The lowest BCUT2D eigenvalue weighted by molar-refractivity contribution is -0.198. The van der Waals surface area contributed by atoms with Crippen molar-refractivity contribution in [2.24, 2.45) is 5.92 Å².